The summed E-state index contributed by atoms with van der Waals surface area (Å²) in [6, 6.07) is 5.80. The van der Waals surface area contributed by atoms with Crippen molar-refractivity contribution in [3.8, 4) is 11.1 Å². The van der Waals surface area contributed by atoms with Crippen LogP contribution in [0.2, 0.25) is 10.0 Å². The number of rotatable bonds is 1. The van der Waals surface area contributed by atoms with Gasteiger partial charge in [-0.05, 0) is 18.2 Å². The molecule has 1 heterocycles. The summed E-state index contributed by atoms with van der Waals surface area (Å²) in [5.74, 6) is -0.527. The van der Waals surface area contributed by atoms with Gasteiger partial charge in [0, 0.05) is 16.8 Å². The summed E-state index contributed by atoms with van der Waals surface area (Å²) in [6.07, 6.45) is 0.996. The minimum Gasteiger partial charge on any atom is -0.326 e. The minimum atomic E-state index is -0.527. The van der Waals surface area contributed by atoms with Crippen LogP contribution >= 0.6 is 23.2 Å². The molecule has 0 saturated carbocycles. The number of aromatic nitrogens is 1. The Morgan fingerprint density at radius 2 is 1.88 bits per heavy atom. The molecular weight excluding hydrogens is 252 g/mol. The van der Waals surface area contributed by atoms with Crippen molar-refractivity contribution in [1.82, 2.24) is 4.98 Å². The third kappa shape index (κ3) is 2.10. The van der Waals surface area contributed by atoms with Crippen LogP contribution < -0.4 is 5.56 Å². The second kappa shape index (κ2) is 4.28. The second-order valence-corrected chi connectivity index (χ2v) is 4.03. The fraction of sp³-hybridized carbons (Fsp3) is 0. The fourth-order valence-corrected chi connectivity index (χ4v) is 1.88. The normalized spacial score (nSPS) is 10.4. The lowest BCUT2D eigenvalue weighted by Crippen LogP contribution is -2.08. The zero-order valence-corrected chi connectivity index (χ0v) is 9.44. The van der Waals surface area contributed by atoms with Crippen molar-refractivity contribution in [2.75, 3.05) is 0 Å². The molecule has 2 nitrogen and oxygen atoms in total. The molecule has 0 aliphatic heterocycles. The Labute approximate surface area is 101 Å². The van der Waals surface area contributed by atoms with Gasteiger partial charge >= 0.3 is 0 Å². The molecule has 0 fully saturated rings. The third-order valence-electron chi connectivity index (χ3n) is 2.09. The average Bonchev–Trinajstić information content (AvgIpc) is 2.22. The molecule has 5 heteroatoms. The predicted octanol–water partition coefficient (Wildman–Crippen LogP) is 3.49. The van der Waals surface area contributed by atoms with Crippen LogP contribution in [-0.2, 0) is 0 Å². The van der Waals surface area contributed by atoms with Gasteiger partial charge in [-0.2, -0.15) is 0 Å². The van der Waals surface area contributed by atoms with Gasteiger partial charge in [0.1, 0.15) is 5.82 Å². The fourth-order valence-electron chi connectivity index (χ4n) is 1.37. The van der Waals surface area contributed by atoms with Crippen LogP contribution in [0.4, 0.5) is 4.39 Å². The van der Waals surface area contributed by atoms with E-state index in [2.05, 4.69) is 4.98 Å². The summed E-state index contributed by atoms with van der Waals surface area (Å²) in [5.41, 5.74) is 0.235. The van der Waals surface area contributed by atoms with Gasteiger partial charge in [0.2, 0.25) is 0 Å². The van der Waals surface area contributed by atoms with Crippen LogP contribution in [0.25, 0.3) is 11.1 Å². The Hall–Kier alpha value is -1.32. The van der Waals surface area contributed by atoms with Crippen molar-refractivity contribution < 1.29 is 4.39 Å². The number of pyridine rings is 1. The highest BCUT2D eigenvalue weighted by atomic mass is 35.5. The van der Waals surface area contributed by atoms with Crippen molar-refractivity contribution in [3.05, 3.63) is 56.7 Å². The quantitative estimate of drug-likeness (QED) is 0.834. The number of hydrogen-bond acceptors (Lipinski definition) is 1. The first-order chi connectivity index (χ1) is 7.58. The molecule has 0 radical (unpaired) electrons. The second-order valence-electron chi connectivity index (χ2n) is 3.18. The van der Waals surface area contributed by atoms with Gasteiger partial charge in [-0.3, -0.25) is 4.79 Å². The van der Waals surface area contributed by atoms with Crippen molar-refractivity contribution >= 4 is 23.2 Å². The van der Waals surface area contributed by atoms with Gasteiger partial charge in [0.05, 0.1) is 10.6 Å². The van der Waals surface area contributed by atoms with Crippen LogP contribution in [0.1, 0.15) is 0 Å². The molecule has 16 heavy (non-hydrogen) atoms. The third-order valence-corrected chi connectivity index (χ3v) is 2.64. The van der Waals surface area contributed by atoms with E-state index in [4.69, 9.17) is 23.2 Å². The lowest BCUT2D eigenvalue weighted by atomic mass is 10.1. The molecule has 82 valence electrons. The zero-order valence-electron chi connectivity index (χ0n) is 7.93. The molecule has 1 aromatic carbocycles. The maximum Gasteiger partial charge on any atom is 0.256 e. The summed E-state index contributed by atoms with van der Waals surface area (Å²) < 4.78 is 13.0. The van der Waals surface area contributed by atoms with Gasteiger partial charge in [-0.15, -0.1) is 0 Å². The highest BCUT2D eigenvalue weighted by molar-refractivity contribution is 6.36. The largest absolute Gasteiger partial charge is 0.326 e. The summed E-state index contributed by atoms with van der Waals surface area (Å²) in [4.78, 5) is 13.8. The van der Waals surface area contributed by atoms with E-state index in [0.717, 1.165) is 12.3 Å². The molecule has 2 aromatic rings. The summed E-state index contributed by atoms with van der Waals surface area (Å²) in [6.45, 7) is 0. The number of benzene rings is 1. The molecule has 0 bridgehead atoms. The van der Waals surface area contributed by atoms with Crippen molar-refractivity contribution in [2.24, 2.45) is 0 Å². The highest BCUT2D eigenvalue weighted by Crippen LogP contribution is 2.28. The molecule has 0 atom stereocenters. The number of aromatic amines is 1. The maximum atomic E-state index is 13.0. The van der Waals surface area contributed by atoms with E-state index < -0.39 is 11.4 Å². The van der Waals surface area contributed by atoms with Gasteiger partial charge in [-0.25, -0.2) is 4.39 Å². The number of halogens is 3. The smallest absolute Gasteiger partial charge is 0.256 e. The molecule has 0 saturated heterocycles. The highest BCUT2D eigenvalue weighted by Gasteiger charge is 2.09. The van der Waals surface area contributed by atoms with E-state index in [-0.39, 0.29) is 5.56 Å². The Kier molecular flexibility index (Phi) is 2.99. The van der Waals surface area contributed by atoms with Gasteiger partial charge in [0.15, 0.2) is 0 Å². The molecule has 2 rings (SSSR count). The summed E-state index contributed by atoms with van der Waals surface area (Å²) >= 11 is 11.7. The molecule has 0 spiro atoms. The van der Waals surface area contributed by atoms with Gasteiger partial charge < -0.3 is 4.98 Å². The number of H-pyrrole nitrogens is 1. The van der Waals surface area contributed by atoms with Crippen LogP contribution in [0.3, 0.4) is 0 Å². The van der Waals surface area contributed by atoms with Crippen molar-refractivity contribution in [1.29, 1.82) is 0 Å². The predicted molar refractivity (Wildman–Crippen MR) is 62.5 cm³/mol. The van der Waals surface area contributed by atoms with Crippen LogP contribution in [-0.4, -0.2) is 4.98 Å². The zero-order chi connectivity index (χ0) is 11.7. The van der Waals surface area contributed by atoms with E-state index in [1.54, 1.807) is 12.1 Å². The molecule has 0 aliphatic rings. The molecule has 0 aliphatic carbocycles. The van der Waals surface area contributed by atoms with E-state index in [9.17, 15) is 9.18 Å². The molecular formula is C11H6Cl2FNO. The van der Waals surface area contributed by atoms with Crippen molar-refractivity contribution in [2.45, 2.75) is 0 Å². The lowest BCUT2D eigenvalue weighted by molar-refractivity contribution is 0.621. The van der Waals surface area contributed by atoms with Crippen LogP contribution in [0.5, 0.6) is 0 Å². The molecule has 1 N–H and O–H groups in total. The van der Waals surface area contributed by atoms with Crippen molar-refractivity contribution in [3.63, 3.8) is 0 Å². The Morgan fingerprint density at radius 3 is 2.56 bits per heavy atom. The first-order valence-corrected chi connectivity index (χ1v) is 5.17. The van der Waals surface area contributed by atoms with Gasteiger partial charge in [0.25, 0.3) is 5.56 Å². The Balaban J connectivity index is 2.67. The number of hydrogen-bond donors (Lipinski definition) is 1. The first-order valence-electron chi connectivity index (χ1n) is 4.41. The molecule has 1 aromatic heterocycles. The Morgan fingerprint density at radius 1 is 1.12 bits per heavy atom. The van der Waals surface area contributed by atoms with Crippen LogP contribution in [0, 0.1) is 5.82 Å². The van der Waals surface area contributed by atoms with E-state index in [1.165, 1.54) is 6.07 Å². The van der Waals surface area contributed by atoms with E-state index >= 15 is 0 Å². The van der Waals surface area contributed by atoms with E-state index in [0.29, 0.717) is 15.6 Å². The first kappa shape index (κ1) is 11.2. The molecule has 0 unspecified atom stereocenters. The minimum absolute atomic E-state index is 0.182. The Bertz CT molecular complexity index is 595. The maximum absolute atomic E-state index is 13.0. The average molecular weight is 258 g/mol. The summed E-state index contributed by atoms with van der Waals surface area (Å²) in [5, 5.41) is 0.769. The monoisotopic (exact) mass is 257 g/mol. The number of nitrogens with one attached hydrogen (secondary N) is 1. The molecule has 0 amide bonds. The van der Waals surface area contributed by atoms with E-state index in [1.807, 2.05) is 0 Å². The van der Waals surface area contributed by atoms with Gasteiger partial charge in [-0.1, -0.05) is 29.3 Å². The topological polar surface area (TPSA) is 32.9 Å². The SMILES string of the molecule is O=c1[nH]cc(F)cc1-c1ccc(Cl)cc1Cl. The van der Waals surface area contributed by atoms with Crippen LogP contribution in [0.15, 0.2) is 35.3 Å². The standard InChI is InChI=1S/C11H6Cl2FNO/c12-6-1-2-8(10(13)3-6)9-4-7(14)5-15-11(9)16/h1-5H,(H,15,16). The summed E-state index contributed by atoms with van der Waals surface area (Å²) in [7, 11) is 0. The lowest BCUT2D eigenvalue weighted by Gasteiger charge is -2.03.